The number of likely N-dealkylation sites (N-methyl/N-ethyl adjacent to an activating group) is 1. The first-order chi connectivity index (χ1) is 18.6. The van der Waals surface area contributed by atoms with Crippen molar-refractivity contribution in [3.63, 3.8) is 0 Å². The molecular weight excluding hydrogens is 518 g/mol. The third-order valence-electron chi connectivity index (χ3n) is 8.62. The first-order valence-electron chi connectivity index (χ1n) is 12.9. The molecule has 1 aromatic heterocycles. The molecule has 0 radical (unpaired) electrons. The van der Waals surface area contributed by atoms with Gasteiger partial charge in [-0.1, -0.05) is 12.1 Å². The van der Waals surface area contributed by atoms with Gasteiger partial charge in [0.1, 0.15) is 36.4 Å². The summed E-state index contributed by atoms with van der Waals surface area (Å²) in [5.74, 6) is -5.28. The molecule has 208 valence electrons. The molecule has 2 aromatic carbocycles. The maximum Gasteiger partial charge on any atom is 0.287 e. The van der Waals surface area contributed by atoms with Gasteiger partial charge in [0.2, 0.25) is 0 Å². The Labute approximate surface area is 222 Å². The summed E-state index contributed by atoms with van der Waals surface area (Å²) in [5.41, 5.74) is -4.78. The van der Waals surface area contributed by atoms with Crippen molar-refractivity contribution in [2.75, 3.05) is 33.4 Å². The summed E-state index contributed by atoms with van der Waals surface area (Å²) in [6.45, 7) is 1.97. The van der Waals surface area contributed by atoms with Gasteiger partial charge in [0.15, 0.2) is 5.60 Å². The van der Waals surface area contributed by atoms with E-state index in [1.807, 2.05) is 31.3 Å². The largest absolute Gasteiger partial charge is 0.491 e. The maximum absolute atomic E-state index is 16.3. The molecule has 1 saturated heterocycles. The lowest BCUT2D eigenvalue weighted by Gasteiger charge is -2.74. The lowest BCUT2D eigenvalue weighted by molar-refractivity contribution is -0.347. The van der Waals surface area contributed by atoms with Crippen molar-refractivity contribution in [1.29, 1.82) is 0 Å². The number of benzene rings is 2. The molecule has 0 spiro atoms. The number of tetrazole rings is 1. The second-order valence-electron chi connectivity index (χ2n) is 11.2. The van der Waals surface area contributed by atoms with Gasteiger partial charge in [-0.25, -0.2) is 22.2 Å². The van der Waals surface area contributed by atoms with E-state index in [9.17, 15) is 13.9 Å². The summed E-state index contributed by atoms with van der Waals surface area (Å²) in [7, 11) is 2.03. The van der Waals surface area contributed by atoms with Crippen LogP contribution in [0.15, 0.2) is 48.8 Å². The summed E-state index contributed by atoms with van der Waals surface area (Å²) in [5, 5.41) is 21.9. The number of aromatic nitrogens is 4. The fourth-order valence-corrected chi connectivity index (χ4v) is 6.59. The Morgan fingerprint density at radius 1 is 1.13 bits per heavy atom. The zero-order chi connectivity index (χ0) is 27.5. The fourth-order valence-electron chi connectivity index (χ4n) is 6.59. The quantitative estimate of drug-likeness (QED) is 0.412. The van der Waals surface area contributed by atoms with Gasteiger partial charge in [0.25, 0.3) is 5.92 Å². The highest BCUT2D eigenvalue weighted by Gasteiger charge is 2.82. The lowest BCUT2D eigenvalue weighted by Crippen LogP contribution is -2.76. The Kier molecular flexibility index (Phi) is 6.20. The molecule has 0 amide bonds. The normalized spacial score (nSPS) is 28.3. The van der Waals surface area contributed by atoms with E-state index in [-0.39, 0.29) is 25.4 Å². The van der Waals surface area contributed by atoms with E-state index in [1.54, 1.807) is 0 Å². The minimum absolute atomic E-state index is 0.0128. The number of hydrogen-bond acceptors (Lipinski definition) is 7. The van der Waals surface area contributed by atoms with Crippen LogP contribution in [0.5, 0.6) is 5.75 Å². The van der Waals surface area contributed by atoms with Crippen molar-refractivity contribution in [1.82, 2.24) is 25.1 Å². The van der Waals surface area contributed by atoms with Crippen molar-refractivity contribution < 1.29 is 32.1 Å². The second kappa shape index (κ2) is 9.24. The Morgan fingerprint density at radius 3 is 2.51 bits per heavy atom. The van der Waals surface area contributed by atoms with Crippen LogP contribution in [-0.4, -0.2) is 75.6 Å². The van der Waals surface area contributed by atoms with E-state index >= 15 is 8.78 Å². The third-order valence-corrected chi connectivity index (χ3v) is 8.62. The molecule has 1 N–H and O–H groups in total. The number of hydrogen-bond donors (Lipinski definition) is 1. The van der Waals surface area contributed by atoms with Crippen molar-refractivity contribution in [2.24, 2.45) is 5.41 Å². The SMILES string of the molecule is CN1CCO[C@H](COc2ccc(C34CC(C(F)(F)[C@](O)(Cn5cnnn5)c5ccc(F)cc5F)(C3)C4)cc2)C1. The predicted octanol–water partition coefficient (Wildman–Crippen LogP) is 3.31. The van der Waals surface area contributed by atoms with Gasteiger partial charge in [-0.05, 0) is 72.0 Å². The molecule has 3 aliphatic carbocycles. The molecule has 8 nitrogen and oxygen atoms in total. The number of aliphatic hydroxyl groups is 1. The number of morpholine rings is 1. The Bertz CT molecular complexity index is 1320. The Hall–Kier alpha value is -3.09. The van der Waals surface area contributed by atoms with Gasteiger partial charge in [-0.2, -0.15) is 0 Å². The molecule has 12 heteroatoms. The van der Waals surface area contributed by atoms with Crippen LogP contribution in [-0.2, 0) is 22.3 Å². The van der Waals surface area contributed by atoms with Gasteiger partial charge >= 0.3 is 0 Å². The molecule has 0 unspecified atom stereocenters. The average molecular weight is 548 g/mol. The first-order valence-corrected chi connectivity index (χ1v) is 12.9. The highest BCUT2D eigenvalue weighted by molar-refractivity contribution is 5.44. The smallest absolute Gasteiger partial charge is 0.287 e. The summed E-state index contributed by atoms with van der Waals surface area (Å²) in [6, 6.07) is 9.63. The Morgan fingerprint density at radius 2 is 1.87 bits per heavy atom. The minimum Gasteiger partial charge on any atom is -0.491 e. The monoisotopic (exact) mass is 547 g/mol. The molecule has 7 rings (SSSR count). The van der Waals surface area contributed by atoms with E-state index in [0.717, 1.165) is 41.8 Å². The predicted molar refractivity (Wildman–Crippen MR) is 130 cm³/mol. The topological polar surface area (TPSA) is 85.5 Å². The maximum atomic E-state index is 16.3. The van der Waals surface area contributed by atoms with Crippen LogP contribution >= 0.6 is 0 Å². The van der Waals surface area contributed by atoms with E-state index in [2.05, 4.69) is 20.4 Å². The van der Waals surface area contributed by atoms with Gasteiger partial charge in [-0.15, -0.1) is 5.10 Å². The summed E-state index contributed by atoms with van der Waals surface area (Å²) in [4.78, 5) is 2.18. The van der Waals surface area contributed by atoms with E-state index in [1.165, 1.54) is 0 Å². The van der Waals surface area contributed by atoms with Gasteiger partial charge in [0, 0.05) is 30.1 Å². The zero-order valence-corrected chi connectivity index (χ0v) is 21.4. The first kappa shape index (κ1) is 26.1. The van der Waals surface area contributed by atoms with Crippen LogP contribution in [0.1, 0.15) is 30.4 Å². The molecule has 4 fully saturated rings. The fraction of sp³-hybridized carbons (Fsp3) is 0.519. The summed E-state index contributed by atoms with van der Waals surface area (Å²) < 4.78 is 73.5. The number of nitrogens with zero attached hydrogens (tertiary/aromatic N) is 5. The molecule has 4 aliphatic rings. The third kappa shape index (κ3) is 4.20. The number of ether oxygens (including phenoxy) is 2. The number of halogens is 4. The number of alkyl halides is 2. The van der Waals surface area contributed by atoms with E-state index in [0.29, 0.717) is 25.0 Å². The van der Waals surface area contributed by atoms with Crippen molar-refractivity contribution in [2.45, 2.75) is 48.8 Å². The standard InChI is InChI=1S/C27H29F4N5O3/c1-35-8-9-38-21(11-35)12-39-20-5-2-18(3-6-20)24-13-25(14-24,15-24)27(30,31)26(37,16-36-17-32-33-34-36)22-7-4-19(28)10-23(22)29/h2-7,10,17,21,37H,8-9,11-16H2,1H3/t21-,24?,25?,26-/m0/s1. The lowest BCUT2D eigenvalue weighted by atomic mass is 9.30. The highest BCUT2D eigenvalue weighted by Crippen LogP contribution is 2.80. The van der Waals surface area contributed by atoms with Gasteiger partial charge in [-0.3, -0.25) is 0 Å². The molecule has 3 aromatic rings. The molecular formula is C27H29F4N5O3. The second-order valence-corrected chi connectivity index (χ2v) is 11.2. The van der Waals surface area contributed by atoms with Crippen LogP contribution < -0.4 is 4.74 Å². The van der Waals surface area contributed by atoms with Crippen LogP contribution in [0.4, 0.5) is 17.6 Å². The molecule has 1 aliphatic heterocycles. The Balaban J connectivity index is 1.18. The summed E-state index contributed by atoms with van der Waals surface area (Å²) in [6.07, 6.45) is 1.41. The van der Waals surface area contributed by atoms with E-state index < -0.39 is 46.1 Å². The zero-order valence-electron chi connectivity index (χ0n) is 21.4. The highest BCUT2D eigenvalue weighted by atomic mass is 19.3. The molecule has 2 bridgehead atoms. The van der Waals surface area contributed by atoms with E-state index in [4.69, 9.17) is 9.47 Å². The molecule has 2 atom stereocenters. The molecule has 39 heavy (non-hydrogen) atoms. The van der Waals surface area contributed by atoms with Crippen LogP contribution in [0.25, 0.3) is 0 Å². The van der Waals surface area contributed by atoms with Gasteiger partial charge in [0.05, 0.1) is 13.2 Å². The van der Waals surface area contributed by atoms with Crippen molar-refractivity contribution >= 4 is 0 Å². The summed E-state index contributed by atoms with van der Waals surface area (Å²) >= 11 is 0. The van der Waals surface area contributed by atoms with Crippen molar-refractivity contribution in [3.8, 4) is 5.75 Å². The van der Waals surface area contributed by atoms with Crippen molar-refractivity contribution in [3.05, 3.63) is 71.6 Å². The molecule has 3 saturated carbocycles. The van der Waals surface area contributed by atoms with Crippen LogP contribution in [0.3, 0.4) is 0 Å². The minimum atomic E-state index is -3.76. The van der Waals surface area contributed by atoms with Crippen LogP contribution in [0.2, 0.25) is 0 Å². The number of rotatable bonds is 9. The van der Waals surface area contributed by atoms with Gasteiger partial charge < -0.3 is 19.5 Å². The van der Waals surface area contributed by atoms with Crippen LogP contribution in [0, 0.1) is 17.0 Å². The average Bonchev–Trinajstić information content (AvgIpc) is 3.34. The molecule has 2 heterocycles.